The van der Waals surface area contributed by atoms with Crippen molar-refractivity contribution in [3.8, 4) is 17.0 Å². The second-order valence-corrected chi connectivity index (χ2v) is 4.70. The highest BCUT2D eigenvalue weighted by Crippen LogP contribution is 2.30. The summed E-state index contributed by atoms with van der Waals surface area (Å²) in [6.45, 7) is 0. The van der Waals surface area contributed by atoms with Crippen LogP contribution in [0.15, 0.2) is 23.6 Å². The second-order valence-electron chi connectivity index (χ2n) is 3.35. The summed E-state index contributed by atoms with van der Waals surface area (Å²) in [6.07, 6.45) is 1.21. The molecular formula is C12H10ClNO2S. The first-order valence-electron chi connectivity index (χ1n) is 4.96. The number of carbonyl (C=O) groups is 1. The molecule has 0 aliphatic rings. The van der Waals surface area contributed by atoms with E-state index in [4.69, 9.17) is 16.3 Å². The minimum absolute atomic E-state index is 0.356. The zero-order valence-corrected chi connectivity index (χ0v) is 10.7. The first-order chi connectivity index (χ1) is 8.24. The molecule has 0 spiro atoms. The highest BCUT2D eigenvalue weighted by molar-refractivity contribution is 7.10. The monoisotopic (exact) mass is 267 g/mol. The third kappa shape index (κ3) is 2.65. The number of hydrogen-bond acceptors (Lipinski definition) is 4. The molecule has 0 saturated carbocycles. The summed E-state index contributed by atoms with van der Waals surface area (Å²) in [7, 11) is 1.58. The molecule has 0 bridgehead atoms. The van der Waals surface area contributed by atoms with Gasteiger partial charge < -0.3 is 9.53 Å². The van der Waals surface area contributed by atoms with Crippen LogP contribution in [0.1, 0.15) is 5.01 Å². The SMILES string of the molecule is COc1ccc(-c2csc(CC=O)n2)cc1Cl. The standard InChI is InChI=1S/C12H10ClNO2S/c1-16-11-3-2-8(6-9(11)13)10-7-17-12(14-10)4-5-15/h2-3,5-7H,4H2,1H3. The van der Waals surface area contributed by atoms with Crippen molar-refractivity contribution >= 4 is 29.2 Å². The highest BCUT2D eigenvalue weighted by Gasteiger charge is 2.07. The molecule has 0 aliphatic heterocycles. The Morgan fingerprint density at radius 2 is 2.35 bits per heavy atom. The van der Waals surface area contributed by atoms with Crippen molar-refractivity contribution in [2.75, 3.05) is 7.11 Å². The topological polar surface area (TPSA) is 39.2 Å². The molecule has 0 aliphatic carbocycles. The molecule has 0 unspecified atom stereocenters. The number of methoxy groups -OCH3 is 1. The lowest BCUT2D eigenvalue weighted by molar-refractivity contribution is -0.107. The molecule has 0 amide bonds. The van der Waals surface area contributed by atoms with Gasteiger partial charge in [0.15, 0.2) is 0 Å². The fourth-order valence-electron chi connectivity index (χ4n) is 1.43. The van der Waals surface area contributed by atoms with Gasteiger partial charge in [0.2, 0.25) is 0 Å². The number of ether oxygens (including phenoxy) is 1. The number of aldehydes is 1. The number of halogens is 1. The quantitative estimate of drug-likeness (QED) is 0.799. The van der Waals surface area contributed by atoms with Crippen molar-refractivity contribution in [1.82, 2.24) is 4.98 Å². The molecule has 2 rings (SSSR count). The van der Waals surface area contributed by atoms with Crippen LogP contribution in [0.4, 0.5) is 0 Å². The molecule has 0 fully saturated rings. The molecule has 0 radical (unpaired) electrons. The number of rotatable bonds is 4. The van der Waals surface area contributed by atoms with Gasteiger partial charge in [-0.05, 0) is 18.2 Å². The van der Waals surface area contributed by atoms with Gasteiger partial charge in [-0.3, -0.25) is 0 Å². The minimum Gasteiger partial charge on any atom is -0.495 e. The predicted molar refractivity (Wildman–Crippen MR) is 68.9 cm³/mol. The molecule has 2 aromatic rings. The normalized spacial score (nSPS) is 10.2. The molecular weight excluding hydrogens is 258 g/mol. The van der Waals surface area contributed by atoms with Gasteiger partial charge >= 0.3 is 0 Å². The number of thiazole rings is 1. The molecule has 17 heavy (non-hydrogen) atoms. The lowest BCUT2D eigenvalue weighted by atomic mass is 10.2. The Balaban J connectivity index is 2.32. The van der Waals surface area contributed by atoms with Crippen LogP contribution in [0.25, 0.3) is 11.3 Å². The Hall–Kier alpha value is -1.39. The predicted octanol–water partition coefficient (Wildman–Crippen LogP) is 3.21. The zero-order chi connectivity index (χ0) is 12.3. The van der Waals surface area contributed by atoms with Crippen LogP contribution in [-0.4, -0.2) is 18.4 Å². The Kier molecular flexibility index (Phi) is 3.76. The van der Waals surface area contributed by atoms with Gasteiger partial charge in [0.1, 0.15) is 17.0 Å². The molecule has 3 nitrogen and oxygen atoms in total. The Bertz CT molecular complexity index is 539. The first kappa shape index (κ1) is 12.1. The van der Waals surface area contributed by atoms with Crippen molar-refractivity contribution in [1.29, 1.82) is 0 Å². The Morgan fingerprint density at radius 3 is 3.00 bits per heavy atom. The summed E-state index contributed by atoms with van der Waals surface area (Å²) in [5.74, 6) is 0.638. The summed E-state index contributed by atoms with van der Waals surface area (Å²) < 4.78 is 5.08. The van der Waals surface area contributed by atoms with Crippen molar-refractivity contribution in [3.05, 3.63) is 33.6 Å². The third-order valence-corrected chi connectivity index (χ3v) is 3.42. The van der Waals surface area contributed by atoms with Gasteiger partial charge in [0, 0.05) is 10.9 Å². The summed E-state index contributed by atoms with van der Waals surface area (Å²) in [5.41, 5.74) is 1.75. The molecule has 88 valence electrons. The van der Waals surface area contributed by atoms with E-state index in [9.17, 15) is 4.79 Å². The molecule has 1 heterocycles. The maximum atomic E-state index is 10.4. The van der Waals surface area contributed by atoms with Crippen molar-refractivity contribution < 1.29 is 9.53 Å². The lowest BCUT2D eigenvalue weighted by Gasteiger charge is -2.03. The third-order valence-electron chi connectivity index (χ3n) is 2.26. The van der Waals surface area contributed by atoms with Gasteiger partial charge in [0.25, 0.3) is 0 Å². The number of carbonyl (C=O) groups excluding carboxylic acids is 1. The zero-order valence-electron chi connectivity index (χ0n) is 9.14. The highest BCUT2D eigenvalue weighted by atomic mass is 35.5. The van der Waals surface area contributed by atoms with Crippen molar-refractivity contribution in [2.45, 2.75) is 6.42 Å². The molecule has 0 N–H and O–H groups in total. The fourth-order valence-corrected chi connectivity index (χ4v) is 2.44. The maximum absolute atomic E-state index is 10.4. The number of benzene rings is 1. The van der Waals surface area contributed by atoms with Gasteiger partial charge in [-0.2, -0.15) is 0 Å². The second kappa shape index (κ2) is 5.29. The van der Waals surface area contributed by atoms with Crippen molar-refractivity contribution in [3.63, 3.8) is 0 Å². The number of nitrogens with zero attached hydrogens (tertiary/aromatic N) is 1. The summed E-state index contributed by atoms with van der Waals surface area (Å²) in [5, 5.41) is 3.27. The van der Waals surface area contributed by atoms with Crippen LogP contribution in [0, 0.1) is 0 Å². The maximum Gasteiger partial charge on any atom is 0.137 e. The van der Waals surface area contributed by atoms with E-state index in [-0.39, 0.29) is 0 Å². The number of hydrogen-bond donors (Lipinski definition) is 0. The average Bonchev–Trinajstić information content (AvgIpc) is 2.78. The summed E-state index contributed by atoms with van der Waals surface area (Å²) >= 11 is 7.51. The van der Waals surface area contributed by atoms with Crippen LogP contribution in [0.2, 0.25) is 5.02 Å². The van der Waals surface area contributed by atoms with Gasteiger partial charge in [0.05, 0.1) is 24.2 Å². The summed E-state index contributed by atoms with van der Waals surface area (Å²) in [4.78, 5) is 14.7. The van der Waals surface area contributed by atoms with E-state index >= 15 is 0 Å². The van der Waals surface area contributed by atoms with E-state index in [1.165, 1.54) is 11.3 Å². The van der Waals surface area contributed by atoms with Crippen molar-refractivity contribution in [2.24, 2.45) is 0 Å². The molecule has 1 aromatic heterocycles. The minimum atomic E-state index is 0.356. The Morgan fingerprint density at radius 1 is 1.53 bits per heavy atom. The van der Waals surface area contributed by atoms with Crippen LogP contribution in [0.5, 0.6) is 5.75 Å². The molecule has 5 heteroatoms. The van der Waals surface area contributed by atoms with Gasteiger partial charge in [-0.25, -0.2) is 4.98 Å². The Labute approximate surface area is 108 Å². The van der Waals surface area contributed by atoms with Crippen LogP contribution in [0.3, 0.4) is 0 Å². The molecule has 0 atom stereocenters. The van der Waals surface area contributed by atoms with E-state index in [1.807, 2.05) is 11.4 Å². The van der Waals surface area contributed by atoms with E-state index in [0.717, 1.165) is 22.6 Å². The van der Waals surface area contributed by atoms with Gasteiger partial charge in [-0.1, -0.05) is 11.6 Å². The van der Waals surface area contributed by atoms with Crippen LogP contribution >= 0.6 is 22.9 Å². The van der Waals surface area contributed by atoms with E-state index in [2.05, 4.69) is 4.98 Å². The van der Waals surface area contributed by atoms with Crippen LogP contribution in [-0.2, 0) is 11.2 Å². The largest absolute Gasteiger partial charge is 0.495 e. The van der Waals surface area contributed by atoms with E-state index in [0.29, 0.717) is 17.2 Å². The number of aromatic nitrogens is 1. The van der Waals surface area contributed by atoms with E-state index < -0.39 is 0 Å². The smallest absolute Gasteiger partial charge is 0.137 e. The first-order valence-corrected chi connectivity index (χ1v) is 6.22. The van der Waals surface area contributed by atoms with E-state index in [1.54, 1.807) is 19.2 Å². The molecule has 0 saturated heterocycles. The summed E-state index contributed by atoms with van der Waals surface area (Å²) in [6, 6.07) is 5.50. The average molecular weight is 268 g/mol. The fraction of sp³-hybridized carbons (Fsp3) is 0.167. The van der Waals surface area contributed by atoms with Gasteiger partial charge in [-0.15, -0.1) is 11.3 Å². The molecule has 1 aromatic carbocycles. The lowest BCUT2D eigenvalue weighted by Crippen LogP contribution is -1.87. The van der Waals surface area contributed by atoms with Crippen LogP contribution < -0.4 is 4.74 Å².